The van der Waals surface area contributed by atoms with E-state index >= 15 is 0 Å². The monoisotopic (exact) mass is 290 g/mol. The molecule has 0 amide bonds. The molecule has 2 aromatic heterocycles. The molecule has 7 heteroatoms. The average Bonchev–Trinajstić information content (AvgIpc) is 3.12. The van der Waals surface area contributed by atoms with Crippen LogP contribution in [-0.4, -0.2) is 42.4 Å². The quantitative estimate of drug-likeness (QED) is 0.855. The molecule has 21 heavy (non-hydrogen) atoms. The highest BCUT2D eigenvalue weighted by atomic mass is 16.5. The number of nitrogens with zero attached hydrogens (tertiary/aromatic N) is 6. The van der Waals surface area contributed by atoms with Gasteiger partial charge in [-0.1, -0.05) is 5.16 Å². The van der Waals surface area contributed by atoms with Gasteiger partial charge in [0.25, 0.3) is 0 Å². The van der Waals surface area contributed by atoms with Gasteiger partial charge in [0.1, 0.15) is 11.6 Å². The Kier molecular flexibility index (Phi) is 3.75. The lowest BCUT2D eigenvalue weighted by Crippen LogP contribution is -2.35. The van der Waals surface area contributed by atoms with Crippen molar-refractivity contribution in [3.63, 3.8) is 0 Å². The third kappa shape index (κ3) is 2.83. The van der Waals surface area contributed by atoms with E-state index < -0.39 is 0 Å². The van der Waals surface area contributed by atoms with Crippen LogP contribution in [0.15, 0.2) is 4.52 Å². The van der Waals surface area contributed by atoms with Gasteiger partial charge < -0.3 is 4.52 Å². The van der Waals surface area contributed by atoms with E-state index in [9.17, 15) is 0 Å². The second-order valence-corrected chi connectivity index (χ2v) is 5.78. The Labute approximate surface area is 124 Å². The van der Waals surface area contributed by atoms with Crippen molar-refractivity contribution in [2.24, 2.45) is 0 Å². The molecule has 1 saturated heterocycles. The topological polar surface area (TPSA) is 72.9 Å². The molecule has 2 aromatic rings. The van der Waals surface area contributed by atoms with Gasteiger partial charge in [0, 0.05) is 6.04 Å². The Hall–Kier alpha value is -1.76. The molecule has 0 aliphatic carbocycles. The van der Waals surface area contributed by atoms with Crippen LogP contribution in [0, 0.1) is 20.8 Å². The average molecular weight is 290 g/mol. The summed E-state index contributed by atoms with van der Waals surface area (Å²) in [5.74, 6) is 3.19. The van der Waals surface area contributed by atoms with E-state index in [0.717, 1.165) is 31.2 Å². The molecule has 1 aliphatic rings. The number of aromatic nitrogens is 5. The minimum atomic E-state index is 0.142. The summed E-state index contributed by atoms with van der Waals surface area (Å²) in [5.41, 5.74) is 0. The van der Waals surface area contributed by atoms with Gasteiger partial charge in [-0.3, -0.25) is 4.90 Å². The first kappa shape index (κ1) is 14.2. The molecule has 0 bridgehead atoms. The first-order valence-corrected chi connectivity index (χ1v) is 7.48. The van der Waals surface area contributed by atoms with Crippen molar-refractivity contribution in [2.75, 3.05) is 6.54 Å². The van der Waals surface area contributed by atoms with Crippen molar-refractivity contribution in [3.05, 3.63) is 23.4 Å². The fraction of sp³-hybridized carbons (Fsp3) is 0.714. The molecule has 2 atom stereocenters. The maximum atomic E-state index is 5.33. The summed E-state index contributed by atoms with van der Waals surface area (Å²) >= 11 is 0. The van der Waals surface area contributed by atoms with E-state index in [-0.39, 0.29) is 6.04 Å². The number of hydrogen-bond acceptors (Lipinski definition) is 6. The number of rotatable bonds is 4. The van der Waals surface area contributed by atoms with Crippen molar-refractivity contribution in [1.82, 2.24) is 29.8 Å². The fourth-order valence-corrected chi connectivity index (χ4v) is 3.12. The van der Waals surface area contributed by atoms with Gasteiger partial charge in [-0.25, -0.2) is 9.67 Å². The summed E-state index contributed by atoms with van der Waals surface area (Å²) in [6.45, 7) is 9.83. The Morgan fingerprint density at radius 1 is 1.24 bits per heavy atom. The standard InChI is InChI=1S/C14H22N6O/c1-9(14-16-11(3)18-21-14)19-7-5-6-13(19)8-20-12(4)15-10(2)17-20/h9,13H,5-8H2,1-4H3/t9-,13-/m1/s1. The Balaban J connectivity index is 1.74. The highest BCUT2D eigenvalue weighted by Gasteiger charge is 2.32. The number of likely N-dealkylation sites (tertiary alicyclic amines) is 1. The van der Waals surface area contributed by atoms with Crippen LogP contribution in [-0.2, 0) is 6.54 Å². The van der Waals surface area contributed by atoms with Crippen molar-refractivity contribution in [1.29, 1.82) is 0 Å². The van der Waals surface area contributed by atoms with Crippen LogP contribution in [0.25, 0.3) is 0 Å². The molecule has 114 valence electrons. The van der Waals surface area contributed by atoms with Crippen molar-refractivity contribution in [2.45, 2.75) is 59.2 Å². The minimum absolute atomic E-state index is 0.142. The molecular weight excluding hydrogens is 268 g/mol. The first-order valence-electron chi connectivity index (χ1n) is 7.48. The molecule has 3 heterocycles. The van der Waals surface area contributed by atoms with Crippen LogP contribution in [0.3, 0.4) is 0 Å². The molecule has 0 N–H and O–H groups in total. The van der Waals surface area contributed by atoms with Gasteiger partial charge in [0.15, 0.2) is 5.82 Å². The Morgan fingerprint density at radius 2 is 2.05 bits per heavy atom. The Bertz CT molecular complexity index is 619. The summed E-state index contributed by atoms with van der Waals surface area (Å²) < 4.78 is 7.33. The zero-order chi connectivity index (χ0) is 15.0. The van der Waals surface area contributed by atoms with Crippen LogP contribution in [0.5, 0.6) is 0 Å². The van der Waals surface area contributed by atoms with E-state index in [1.807, 2.05) is 25.5 Å². The Morgan fingerprint density at radius 3 is 2.67 bits per heavy atom. The molecule has 0 saturated carbocycles. The van der Waals surface area contributed by atoms with Gasteiger partial charge in [0.05, 0.1) is 12.6 Å². The summed E-state index contributed by atoms with van der Waals surface area (Å²) in [6, 6.07) is 0.579. The third-order valence-electron chi connectivity index (χ3n) is 4.17. The van der Waals surface area contributed by atoms with Crippen LogP contribution in [0.1, 0.15) is 49.2 Å². The molecule has 1 fully saturated rings. The van der Waals surface area contributed by atoms with Crippen molar-refractivity contribution < 1.29 is 4.52 Å². The molecule has 7 nitrogen and oxygen atoms in total. The highest BCUT2D eigenvalue weighted by molar-refractivity contribution is 4.96. The minimum Gasteiger partial charge on any atom is -0.338 e. The van der Waals surface area contributed by atoms with Gasteiger partial charge in [-0.15, -0.1) is 0 Å². The third-order valence-corrected chi connectivity index (χ3v) is 4.17. The molecule has 1 aliphatic heterocycles. The lowest BCUT2D eigenvalue weighted by atomic mass is 10.2. The van der Waals surface area contributed by atoms with Gasteiger partial charge >= 0.3 is 0 Å². The first-order chi connectivity index (χ1) is 10.0. The molecular formula is C14H22N6O. The van der Waals surface area contributed by atoms with Crippen LogP contribution in [0.2, 0.25) is 0 Å². The van der Waals surface area contributed by atoms with Gasteiger partial charge in [-0.05, 0) is 47.1 Å². The summed E-state index contributed by atoms with van der Waals surface area (Å²) in [7, 11) is 0. The number of hydrogen-bond donors (Lipinski definition) is 0. The summed E-state index contributed by atoms with van der Waals surface area (Å²) in [4.78, 5) is 11.2. The summed E-state index contributed by atoms with van der Waals surface area (Å²) in [5, 5.41) is 8.37. The van der Waals surface area contributed by atoms with E-state index in [1.165, 1.54) is 6.42 Å². The zero-order valence-corrected chi connectivity index (χ0v) is 13.1. The van der Waals surface area contributed by atoms with Crippen LogP contribution in [0.4, 0.5) is 0 Å². The summed E-state index contributed by atoms with van der Waals surface area (Å²) in [6.07, 6.45) is 2.35. The van der Waals surface area contributed by atoms with Gasteiger partial charge in [-0.2, -0.15) is 10.1 Å². The second kappa shape index (κ2) is 5.55. The SMILES string of the molecule is Cc1noc([C@@H](C)N2CCC[C@@H]2Cn2nc(C)nc2C)n1. The molecule has 3 rings (SSSR count). The molecule has 0 radical (unpaired) electrons. The predicted molar refractivity (Wildman–Crippen MR) is 76.7 cm³/mol. The largest absolute Gasteiger partial charge is 0.338 e. The van der Waals surface area contributed by atoms with E-state index in [4.69, 9.17) is 4.52 Å². The van der Waals surface area contributed by atoms with E-state index in [2.05, 4.69) is 32.0 Å². The zero-order valence-electron chi connectivity index (χ0n) is 13.1. The van der Waals surface area contributed by atoms with Crippen molar-refractivity contribution in [3.8, 4) is 0 Å². The maximum absolute atomic E-state index is 5.33. The van der Waals surface area contributed by atoms with E-state index in [1.54, 1.807) is 0 Å². The second-order valence-electron chi connectivity index (χ2n) is 5.78. The highest BCUT2D eigenvalue weighted by Crippen LogP contribution is 2.29. The van der Waals surface area contributed by atoms with Gasteiger partial charge in [0.2, 0.25) is 5.89 Å². The molecule has 0 aromatic carbocycles. The number of aryl methyl sites for hydroxylation is 3. The normalized spacial score (nSPS) is 21.0. The fourth-order valence-electron chi connectivity index (χ4n) is 3.12. The molecule has 0 unspecified atom stereocenters. The van der Waals surface area contributed by atoms with Crippen molar-refractivity contribution >= 4 is 0 Å². The van der Waals surface area contributed by atoms with E-state index in [0.29, 0.717) is 17.8 Å². The lowest BCUT2D eigenvalue weighted by Gasteiger charge is -2.28. The lowest BCUT2D eigenvalue weighted by molar-refractivity contribution is 0.143. The van der Waals surface area contributed by atoms with Crippen LogP contribution < -0.4 is 0 Å². The predicted octanol–water partition coefficient (Wildman–Crippen LogP) is 1.81. The smallest absolute Gasteiger partial charge is 0.243 e. The maximum Gasteiger partial charge on any atom is 0.243 e. The molecule has 0 spiro atoms. The van der Waals surface area contributed by atoms with Crippen LogP contribution >= 0.6 is 0 Å².